The van der Waals surface area contributed by atoms with Gasteiger partial charge in [-0.3, -0.25) is 4.90 Å². The molecule has 16 heavy (non-hydrogen) atoms. The zero-order valence-corrected chi connectivity index (χ0v) is 11.3. The summed E-state index contributed by atoms with van der Waals surface area (Å²) in [6.45, 7) is 11.6. The van der Waals surface area contributed by atoms with Crippen LogP contribution in [0.3, 0.4) is 0 Å². The van der Waals surface area contributed by atoms with Gasteiger partial charge in [-0.25, -0.2) is 0 Å². The summed E-state index contributed by atoms with van der Waals surface area (Å²) in [5.41, 5.74) is 0.298. The van der Waals surface area contributed by atoms with Crippen molar-refractivity contribution in [3.8, 4) is 0 Å². The van der Waals surface area contributed by atoms with Crippen LogP contribution in [0.25, 0.3) is 0 Å². The molecule has 0 bridgehead atoms. The van der Waals surface area contributed by atoms with Crippen LogP contribution >= 0.6 is 0 Å². The quantitative estimate of drug-likeness (QED) is 0.767. The number of aliphatic hydroxyl groups excluding tert-OH is 1. The average Bonchev–Trinajstić information content (AvgIpc) is 2.25. The van der Waals surface area contributed by atoms with Crippen LogP contribution in [0.5, 0.6) is 0 Å². The topological polar surface area (TPSA) is 35.5 Å². The lowest BCUT2D eigenvalue weighted by Crippen LogP contribution is -2.52. The molecule has 1 unspecified atom stereocenters. The molecule has 0 aromatic heterocycles. The Balaban J connectivity index is 2.32. The third-order valence-corrected chi connectivity index (χ3v) is 3.63. The summed E-state index contributed by atoms with van der Waals surface area (Å²) in [5, 5.41) is 12.7. The Morgan fingerprint density at radius 1 is 1.31 bits per heavy atom. The first-order valence-electron chi connectivity index (χ1n) is 6.59. The molecule has 0 saturated carbocycles. The molecule has 1 atom stereocenters. The van der Waals surface area contributed by atoms with E-state index in [-0.39, 0.29) is 12.6 Å². The van der Waals surface area contributed by atoms with E-state index in [2.05, 4.69) is 37.9 Å². The molecule has 1 aliphatic rings. The van der Waals surface area contributed by atoms with Gasteiger partial charge in [-0.15, -0.1) is 0 Å². The molecule has 3 nitrogen and oxygen atoms in total. The second-order valence-corrected chi connectivity index (χ2v) is 5.89. The molecule has 1 rings (SSSR count). The maximum atomic E-state index is 9.17. The molecule has 1 saturated heterocycles. The summed E-state index contributed by atoms with van der Waals surface area (Å²) < 4.78 is 0. The molecule has 2 N–H and O–H groups in total. The number of piperidine rings is 1. The number of rotatable bonds is 4. The van der Waals surface area contributed by atoms with Gasteiger partial charge in [0, 0.05) is 30.7 Å². The van der Waals surface area contributed by atoms with Gasteiger partial charge in [-0.1, -0.05) is 6.92 Å². The van der Waals surface area contributed by atoms with Crippen LogP contribution in [0, 0.1) is 0 Å². The van der Waals surface area contributed by atoms with Gasteiger partial charge in [0.15, 0.2) is 0 Å². The highest BCUT2D eigenvalue weighted by atomic mass is 16.3. The average molecular weight is 228 g/mol. The first-order valence-corrected chi connectivity index (χ1v) is 6.59. The fourth-order valence-corrected chi connectivity index (χ4v) is 2.35. The van der Waals surface area contributed by atoms with Crippen molar-refractivity contribution in [3.05, 3.63) is 0 Å². The van der Waals surface area contributed by atoms with E-state index in [9.17, 15) is 0 Å². The fraction of sp³-hybridized carbons (Fsp3) is 1.00. The Morgan fingerprint density at radius 2 is 1.88 bits per heavy atom. The standard InChI is InChI=1S/C13H28N2O/c1-5-11(10-16)14-12-6-8-15(9-7-12)13(2,3)4/h11-12,14,16H,5-10H2,1-4H3. The maximum absolute atomic E-state index is 9.17. The number of hydrogen-bond donors (Lipinski definition) is 2. The van der Waals surface area contributed by atoms with E-state index >= 15 is 0 Å². The number of nitrogens with one attached hydrogen (secondary N) is 1. The summed E-state index contributed by atoms with van der Waals surface area (Å²) in [5.74, 6) is 0. The third-order valence-electron chi connectivity index (χ3n) is 3.63. The number of aliphatic hydroxyl groups is 1. The predicted octanol–water partition coefficient (Wildman–Crippen LogP) is 1.61. The van der Waals surface area contributed by atoms with E-state index in [1.165, 1.54) is 25.9 Å². The summed E-state index contributed by atoms with van der Waals surface area (Å²) >= 11 is 0. The Bertz CT molecular complexity index is 189. The highest BCUT2D eigenvalue weighted by Crippen LogP contribution is 2.20. The van der Waals surface area contributed by atoms with Crippen LogP contribution in [0.15, 0.2) is 0 Å². The molecule has 0 aliphatic carbocycles. The van der Waals surface area contributed by atoms with Gasteiger partial charge >= 0.3 is 0 Å². The molecule has 3 heteroatoms. The minimum absolute atomic E-state index is 0.260. The maximum Gasteiger partial charge on any atom is 0.0584 e. The van der Waals surface area contributed by atoms with Gasteiger partial charge in [0.05, 0.1) is 6.61 Å². The van der Waals surface area contributed by atoms with E-state index < -0.39 is 0 Å². The number of likely N-dealkylation sites (tertiary alicyclic amines) is 1. The molecular weight excluding hydrogens is 200 g/mol. The van der Waals surface area contributed by atoms with Crippen LogP contribution in [0.1, 0.15) is 47.0 Å². The van der Waals surface area contributed by atoms with E-state index in [4.69, 9.17) is 5.11 Å². The van der Waals surface area contributed by atoms with Gasteiger partial charge in [0.25, 0.3) is 0 Å². The summed E-state index contributed by atoms with van der Waals surface area (Å²) in [4.78, 5) is 2.55. The van der Waals surface area contributed by atoms with Crippen molar-refractivity contribution < 1.29 is 5.11 Å². The highest BCUT2D eigenvalue weighted by molar-refractivity contribution is 4.85. The minimum Gasteiger partial charge on any atom is -0.395 e. The smallest absolute Gasteiger partial charge is 0.0584 e. The highest BCUT2D eigenvalue weighted by Gasteiger charge is 2.27. The van der Waals surface area contributed by atoms with E-state index in [0.717, 1.165) is 6.42 Å². The van der Waals surface area contributed by atoms with Crippen molar-refractivity contribution in [1.29, 1.82) is 0 Å². The molecular formula is C13H28N2O. The Labute approximate surface area is 100 Å². The Kier molecular flexibility index (Phi) is 5.22. The fourth-order valence-electron chi connectivity index (χ4n) is 2.35. The van der Waals surface area contributed by atoms with Crippen LogP contribution in [0.2, 0.25) is 0 Å². The second kappa shape index (κ2) is 5.99. The molecule has 1 heterocycles. The zero-order chi connectivity index (χ0) is 12.2. The van der Waals surface area contributed by atoms with Crippen molar-refractivity contribution in [1.82, 2.24) is 10.2 Å². The molecule has 1 fully saturated rings. The Morgan fingerprint density at radius 3 is 2.25 bits per heavy atom. The third kappa shape index (κ3) is 4.04. The molecule has 96 valence electrons. The Hall–Kier alpha value is -0.120. The van der Waals surface area contributed by atoms with E-state index in [1.807, 2.05) is 0 Å². The van der Waals surface area contributed by atoms with Crippen molar-refractivity contribution in [2.24, 2.45) is 0 Å². The van der Waals surface area contributed by atoms with Gasteiger partial charge in [0.2, 0.25) is 0 Å². The monoisotopic (exact) mass is 228 g/mol. The van der Waals surface area contributed by atoms with Gasteiger partial charge < -0.3 is 10.4 Å². The summed E-state index contributed by atoms with van der Waals surface area (Å²) in [7, 11) is 0. The van der Waals surface area contributed by atoms with Crippen LogP contribution in [-0.2, 0) is 0 Å². The SMILES string of the molecule is CCC(CO)NC1CCN(C(C)(C)C)CC1. The molecule has 0 aromatic rings. The normalized spacial score (nSPS) is 22.3. The molecule has 0 spiro atoms. The molecule has 1 aliphatic heterocycles. The molecule has 0 aromatic carbocycles. The number of hydrogen-bond acceptors (Lipinski definition) is 3. The van der Waals surface area contributed by atoms with Crippen LogP contribution in [-0.4, -0.2) is 47.3 Å². The lowest BCUT2D eigenvalue weighted by atomic mass is 9.97. The minimum atomic E-state index is 0.260. The largest absolute Gasteiger partial charge is 0.395 e. The summed E-state index contributed by atoms with van der Waals surface area (Å²) in [6, 6.07) is 0.877. The summed E-state index contributed by atoms with van der Waals surface area (Å²) in [6.07, 6.45) is 3.41. The van der Waals surface area contributed by atoms with E-state index in [0.29, 0.717) is 11.6 Å². The van der Waals surface area contributed by atoms with Crippen LogP contribution in [0.4, 0.5) is 0 Å². The second-order valence-electron chi connectivity index (χ2n) is 5.89. The molecule has 0 amide bonds. The van der Waals surface area contributed by atoms with Crippen molar-refractivity contribution in [2.45, 2.75) is 64.6 Å². The van der Waals surface area contributed by atoms with Gasteiger partial charge in [-0.05, 0) is 40.0 Å². The molecule has 0 radical (unpaired) electrons. The zero-order valence-electron chi connectivity index (χ0n) is 11.3. The van der Waals surface area contributed by atoms with E-state index in [1.54, 1.807) is 0 Å². The first kappa shape index (κ1) is 13.9. The predicted molar refractivity (Wildman–Crippen MR) is 68.6 cm³/mol. The van der Waals surface area contributed by atoms with Crippen molar-refractivity contribution >= 4 is 0 Å². The van der Waals surface area contributed by atoms with Crippen molar-refractivity contribution in [2.75, 3.05) is 19.7 Å². The van der Waals surface area contributed by atoms with Gasteiger partial charge in [0.1, 0.15) is 0 Å². The van der Waals surface area contributed by atoms with Crippen LogP contribution < -0.4 is 5.32 Å². The number of nitrogens with zero attached hydrogens (tertiary/aromatic N) is 1. The van der Waals surface area contributed by atoms with Gasteiger partial charge in [-0.2, -0.15) is 0 Å². The first-order chi connectivity index (χ1) is 7.47. The lowest BCUT2D eigenvalue weighted by molar-refractivity contribution is 0.0902. The van der Waals surface area contributed by atoms with Crippen molar-refractivity contribution in [3.63, 3.8) is 0 Å². The lowest BCUT2D eigenvalue weighted by Gasteiger charge is -2.41.